The zero-order valence-electron chi connectivity index (χ0n) is 11.0. The number of ketones is 1. The number of carbonyl (C=O) groups excluding carboxylic acids is 2. The summed E-state index contributed by atoms with van der Waals surface area (Å²) < 4.78 is 0.813. The van der Waals surface area contributed by atoms with Crippen molar-refractivity contribution in [3.8, 4) is 0 Å². The van der Waals surface area contributed by atoms with E-state index in [4.69, 9.17) is 0 Å². The lowest BCUT2D eigenvalue weighted by Gasteiger charge is -1.98. The Morgan fingerprint density at radius 3 is 2.75 bits per heavy atom. The van der Waals surface area contributed by atoms with Crippen molar-refractivity contribution in [3.63, 3.8) is 0 Å². The van der Waals surface area contributed by atoms with Gasteiger partial charge in [0.1, 0.15) is 0 Å². The van der Waals surface area contributed by atoms with Crippen LogP contribution in [0.5, 0.6) is 0 Å². The van der Waals surface area contributed by atoms with Crippen molar-refractivity contribution in [2.24, 2.45) is 0 Å². The van der Waals surface area contributed by atoms with Crippen LogP contribution in [0.2, 0.25) is 0 Å². The molecule has 0 saturated heterocycles. The van der Waals surface area contributed by atoms with Crippen molar-refractivity contribution in [2.75, 3.05) is 12.8 Å². The van der Waals surface area contributed by atoms with Crippen LogP contribution in [-0.4, -0.2) is 29.5 Å². The highest BCUT2D eigenvalue weighted by molar-refractivity contribution is 8.01. The van der Waals surface area contributed by atoms with Gasteiger partial charge in [0.15, 0.2) is 10.1 Å². The van der Waals surface area contributed by atoms with Crippen LogP contribution < -0.4 is 5.32 Å². The lowest BCUT2D eigenvalue weighted by molar-refractivity contribution is -0.120. The average Bonchev–Trinajstić information content (AvgIpc) is 2.93. The summed E-state index contributed by atoms with van der Waals surface area (Å²) in [7, 11) is 1.60. The molecule has 0 fully saturated rings. The lowest BCUT2D eigenvalue weighted by Crippen LogP contribution is -2.20. The number of nitrogens with one attached hydrogen (secondary N) is 1. The molecule has 0 spiro atoms. The summed E-state index contributed by atoms with van der Waals surface area (Å²) in [5, 5.41) is 4.41. The van der Waals surface area contributed by atoms with Gasteiger partial charge in [-0.15, -0.1) is 11.3 Å². The second-order valence-corrected chi connectivity index (χ2v) is 6.11. The fourth-order valence-corrected chi connectivity index (χ4v) is 3.26. The summed E-state index contributed by atoms with van der Waals surface area (Å²) in [4.78, 5) is 27.5. The van der Waals surface area contributed by atoms with Crippen LogP contribution in [0.4, 0.5) is 0 Å². The highest BCUT2D eigenvalue weighted by atomic mass is 32.2. The Morgan fingerprint density at radius 1 is 1.30 bits per heavy atom. The minimum atomic E-state index is -0.0628. The molecule has 20 heavy (non-hydrogen) atoms. The topological polar surface area (TPSA) is 59.1 Å². The van der Waals surface area contributed by atoms with Gasteiger partial charge in [-0.3, -0.25) is 9.59 Å². The minimum Gasteiger partial charge on any atom is -0.359 e. The monoisotopic (exact) mass is 306 g/mol. The van der Waals surface area contributed by atoms with E-state index in [1.54, 1.807) is 7.05 Å². The second kappa shape index (κ2) is 7.21. The molecule has 104 valence electrons. The number of carbonyl (C=O) groups is 2. The summed E-state index contributed by atoms with van der Waals surface area (Å²) in [5.41, 5.74) is 1.45. The number of Topliss-reactive ketones (excluding diaryl/α,β-unsaturated/α-hetero) is 1. The van der Waals surface area contributed by atoms with E-state index in [1.807, 2.05) is 35.7 Å². The summed E-state index contributed by atoms with van der Waals surface area (Å²) in [6, 6.07) is 9.20. The molecule has 1 N–H and O–H groups in total. The molecule has 0 aliphatic rings. The molecule has 2 rings (SSSR count). The predicted molar refractivity (Wildman–Crippen MR) is 81.4 cm³/mol. The van der Waals surface area contributed by atoms with Crippen molar-refractivity contribution < 1.29 is 9.59 Å². The molecule has 0 unspecified atom stereocenters. The molecule has 2 aromatic rings. The van der Waals surface area contributed by atoms with E-state index in [1.165, 1.54) is 23.1 Å². The fourth-order valence-electron chi connectivity index (χ4n) is 1.52. The summed E-state index contributed by atoms with van der Waals surface area (Å²) in [6.45, 7) is 0. The maximum atomic E-state index is 11.9. The molecule has 0 saturated carbocycles. The zero-order valence-corrected chi connectivity index (χ0v) is 12.6. The highest BCUT2D eigenvalue weighted by Crippen LogP contribution is 2.23. The second-order valence-electron chi connectivity index (χ2n) is 4.03. The first kappa shape index (κ1) is 14.7. The largest absolute Gasteiger partial charge is 0.359 e. The van der Waals surface area contributed by atoms with Gasteiger partial charge in [-0.05, 0) is 0 Å². The van der Waals surface area contributed by atoms with Crippen LogP contribution in [0, 0.1) is 0 Å². The molecule has 4 nitrogen and oxygen atoms in total. The van der Waals surface area contributed by atoms with Crippen molar-refractivity contribution in [1.29, 1.82) is 0 Å². The minimum absolute atomic E-state index is 0.0628. The third kappa shape index (κ3) is 4.18. The van der Waals surface area contributed by atoms with Crippen molar-refractivity contribution in [1.82, 2.24) is 10.3 Å². The van der Waals surface area contributed by atoms with E-state index in [2.05, 4.69) is 10.3 Å². The van der Waals surface area contributed by atoms with Gasteiger partial charge in [0.25, 0.3) is 0 Å². The molecule has 0 aliphatic carbocycles. The Balaban J connectivity index is 1.88. The molecule has 1 amide bonds. The van der Waals surface area contributed by atoms with E-state index in [-0.39, 0.29) is 18.1 Å². The van der Waals surface area contributed by atoms with Gasteiger partial charge in [-0.2, -0.15) is 0 Å². The van der Waals surface area contributed by atoms with Crippen molar-refractivity contribution in [3.05, 3.63) is 47.0 Å². The molecule has 0 bridgehead atoms. The molecule has 1 aromatic carbocycles. The Morgan fingerprint density at radius 2 is 2.05 bits per heavy atom. The molecular formula is C14H14N2O2S2. The summed E-state index contributed by atoms with van der Waals surface area (Å²) in [5.74, 6) is 0.377. The van der Waals surface area contributed by atoms with E-state index in [0.29, 0.717) is 11.3 Å². The van der Waals surface area contributed by atoms with E-state index in [9.17, 15) is 9.59 Å². The van der Waals surface area contributed by atoms with Crippen LogP contribution in [0.3, 0.4) is 0 Å². The molecule has 1 aromatic heterocycles. The SMILES string of the molecule is CNC(=O)Cc1csc(SCC(=O)c2ccccc2)n1. The number of aromatic nitrogens is 1. The standard InChI is InChI=1S/C14H14N2O2S2/c1-15-13(18)7-11-8-19-14(16-11)20-9-12(17)10-5-3-2-4-6-10/h2-6,8H,7,9H2,1H3,(H,15,18). The van der Waals surface area contributed by atoms with Gasteiger partial charge < -0.3 is 5.32 Å². The van der Waals surface area contributed by atoms with Gasteiger partial charge in [-0.25, -0.2) is 4.98 Å². The first-order valence-electron chi connectivity index (χ1n) is 6.05. The highest BCUT2D eigenvalue weighted by Gasteiger charge is 2.10. The van der Waals surface area contributed by atoms with E-state index < -0.39 is 0 Å². The first-order valence-corrected chi connectivity index (χ1v) is 7.91. The van der Waals surface area contributed by atoms with Gasteiger partial charge >= 0.3 is 0 Å². The fraction of sp³-hybridized carbons (Fsp3) is 0.214. The third-order valence-corrected chi connectivity index (χ3v) is 4.64. The van der Waals surface area contributed by atoms with Crippen molar-refractivity contribution in [2.45, 2.75) is 10.8 Å². The van der Waals surface area contributed by atoms with Gasteiger partial charge in [-0.1, -0.05) is 42.1 Å². The number of rotatable bonds is 6. The zero-order chi connectivity index (χ0) is 14.4. The summed E-state index contributed by atoms with van der Waals surface area (Å²) in [6.07, 6.45) is 0.278. The molecule has 1 heterocycles. The Labute approximate surface area is 125 Å². The maximum absolute atomic E-state index is 11.9. The molecular weight excluding hydrogens is 292 g/mol. The molecule has 0 atom stereocenters. The number of likely N-dealkylation sites (N-methyl/N-ethyl adjacent to an activating group) is 1. The number of hydrogen-bond donors (Lipinski definition) is 1. The van der Waals surface area contributed by atoms with Crippen LogP contribution in [0.15, 0.2) is 40.1 Å². The van der Waals surface area contributed by atoms with Crippen LogP contribution in [0.25, 0.3) is 0 Å². The smallest absolute Gasteiger partial charge is 0.225 e. The van der Waals surface area contributed by atoms with Crippen molar-refractivity contribution >= 4 is 34.8 Å². The number of hydrogen-bond acceptors (Lipinski definition) is 5. The van der Waals surface area contributed by atoms with Crippen LogP contribution in [-0.2, 0) is 11.2 Å². The quantitative estimate of drug-likeness (QED) is 0.658. The average molecular weight is 306 g/mol. The Hall–Kier alpha value is -1.66. The lowest BCUT2D eigenvalue weighted by atomic mass is 10.2. The summed E-state index contributed by atoms with van der Waals surface area (Å²) >= 11 is 2.86. The molecule has 0 radical (unpaired) electrons. The van der Waals surface area contributed by atoms with Gasteiger partial charge in [0, 0.05) is 18.0 Å². The number of thioether (sulfide) groups is 1. The number of benzene rings is 1. The molecule has 6 heteroatoms. The van der Waals surface area contributed by atoms with Gasteiger partial charge in [0.05, 0.1) is 17.9 Å². The van der Waals surface area contributed by atoms with Crippen LogP contribution >= 0.6 is 23.1 Å². The Bertz CT molecular complexity index is 596. The first-order chi connectivity index (χ1) is 9.69. The number of thiazole rings is 1. The number of nitrogens with zero attached hydrogens (tertiary/aromatic N) is 1. The third-order valence-electron chi connectivity index (χ3n) is 2.57. The van der Waals surface area contributed by atoms with Gasteiger partial charge in [0.2, 0.25) is 5.91 Å². The normalized spacial score (nSPS) is 10.2. The predicted octanol–water partition coefficient (Wildman–Crippen LogP) is 2.41. The molecule has 0 aliphatic heterocycles. The van der Waals surface area contributed by atoms with E-state index in [0.717, 1.165) is 10.0 Å². The number of amides is 1. The van der Waals surface area contributed by atoms with E-state index >= 15 is 0 Å². The van der Waals surface area contributed by atoms with Crippen LogP contribution in [0.1, 0.15) is 16.1 Å². The maximum Gasteiger partial charge on any atom is 0.225 e. The Kier molecular flexibility index (Phi) is 5.31.